The summed E-state index contributed by atoms with van der Waals surface area (Å²) in [5.41, 5.74) is 1.30. The Morgan fingerprint density at radius 1 is 1.16 bits per heavy atom. The van der Waals surface area contributed by atoms with Crippen LogP contribution < -0.4 is 24.3 Å². The average Bonchev–Trinajstić information content (AvgIpc) is 3.24. The van der Waals surface area contributed by atoms with E-state index in [-0.39, 0.29) is 25.3 Å². The fraction of sp³-hybridized carbons (Fsp3) is 0.318. The van der Waals surface area contributed by atoms with Crippen LogP contribution in [0.25, 0.3) is 10.9 Å². The van der Waals surface area contributed by atoms with E-state index >= 15 is 0 Å². The second kappa shape index (κ2) is 9.46. The Hall–Kier alpha value is -3.30. The number of nitrogens with zero attached hydrogens (tertiary/aromatic N) is 2. The van der Waals surface area contributed by atoms with Crippen molar-refractivity contribution >= 4 is 40.8 Å². The highest BCUT2D eigenvalue weighted by Gasteiger charge is 2.22. The van der Waals surface area contributed by atoms with Crippen molar-refractivity contribution in [1.82, 2.24) is 9.97 Å². The van der Waals surface area contributed by atoms with E-state index < -0.39 is 5.97 Å². The first-order valence-electron chi connectivity index (χ1n) is 10.0. The molecule has 0 unspecified atom stereocenters. The monoisotopic (exact) mass is 459 g/mol. The topological polar surface area (TPSA) is 101 Å². The lowest BCUT2D eigenvalue weighted by molar-refractivity contribution is -0.131. The Morgan fingerprint density at radius 2 is 2.00 bits per heavy atom. The van der Waals surface area contributed by atoms with E-state index in [1.807, 2.05) is 18.2 Å². The highest BCUT2D eigenvalue weighted by Crippen LogP contribution is 2.42. The summed E-state index contributed by atoms with van der Waals surface area (Å²) in [5.74, 6) is 2.32. The Morgan fingerprint density at radius 3 is 2.81 bits per heavy atom. The van der Waals surface area contributed by atoms with Gasteiger partial charge in [0.15, 0.2) is 11.5 Å². The van der Waals surface area contributed by atoms with Gasteiger partial charge in [-0.25, -0.2) is 9.97 Å². The van der Waals surface area contributed by atoms with Crippen LogP contribution in [0.1, 0.15) is 19.8 Å². The summed E-state index contributed by atoms with van der Waals surface area (Å²) in [5, 5.41) is 4.00. The van der Waals surface area contributed by atoms with Crippen LogP contribution in [0.3, 0.4) is 0 Å². The number of carbonyl (C=O) groups is 1. The predicted molar refractivity (Wildman–Crippen MR) is 118 cm³/mol. The smallest absolute Gasteiger partial charge is 0.308 e. The normalized spacial score (nSPS) is 15.2. The van der Waals surface area contributed by atoms with Crippen LogP contribution >= 0.6 is 12.4 Å². The van der Waals surface area contributed by atoms with Gasteiger partial charge in [-0.3, -0.25) is 4.79 Å². The Bertz CT molecular complexity index is 1140. The van der Waals surface area contributed by atoms with Crippen molar-refractivity contribution in [2.24, 2.45) is 0 Å². The van der Waals surface area contributed by atoms with E-state index in [0.717, 1.165) is 18.5 Å². The number of para-hydroxylation sites is 1. The number of aromatic nitrogens is 2. The highest BCUT2D eigenvalue weighted by atomic mass is 35.5. The third-order valence-corrected chi connectivity index (χ3v) is 5.05. The summed E-state index contributed by atoms with van der Waals surface area (Å²) in [6.07, 6.45) is 2.97. The number of carbonyl (C=O) groups excluding carboxylic acids is 1. The number of anilines is 2. The lowest BCUT2D eigenvalue weighted by atomic mass is 10.1. The molecule has 2 aliphatic heterocycles. The van der Waals surface area contributed by atoms with E-state index in [4.69, 9.17) is 23.7 Å². The summed E-state index contributed by atoms with van der Waals surface area (Å²) in [4.78, 5) is 20.3. The maximum absolute atomic E-state index is 11.5. The van der Waals surface area contributed by atoms with Crippen LogP contribution in [0, 0.1) is 0 Å². The molecule has 0 radical (unpaired) electrons. The minimum Gasteiger partial charge on any atom is -0.489 e. The first kappa shape index (κ1) is 21.9. The fourth-order valence-electron chi connectivity index (χ4n) is 3.67. The van der Waals surface area contributed by atoms with E-state index in [9.17, 15) is 4.79 Å². The molecule has 1 aromatic heterocycles. The molecule has 1 saturated heterocycles. The number of ether oxygens (including phenoxy) is 5. The maximum Gasteiger partial charge on any atom is 0.308 e. The van der Waals surface area contributed by atoms with Crippen LogP contribution in [0.15, 0.2) is 36.7 Å². The first-order chi connectivity index (χ1) is 15.2. The van der Waals surface area contributed by atoms with Crippen molar-refractivity contribution in [2.75, 3.05) is 25.3 Å². The molecule has 2 aromatic carbocycles. The third-order valence-electron chi connectivity index (χ3n) is 5.05. The molecule has 1 N–H and O–H groups in total. The molecule has 0 bridgehead atoms. The second-order valence-electron chi connectivity index (χ2n) is 7.23. The summed E-state index contributed by atoms with van der Waals surface area (Å²) < 4.78 is 28.1. The largest absolute Gasteiger partial charge is 0.489 e. The summed E-state index contributed by atoms with van der Waals surface area (Å²) in [7, 11) is 0. The molecule has 3 aromatic rings. The number of fused-ring (bicyclic) bond motifs is 2. The molecule has 3 heterocycles. The van der Waals surface area contributed by atoms with Crippen LogP contribution in [-0.2, 0) is 9.53 Å². The molecule has 0 amide bonds. The molecular weight excluding hydrogens is 438 g/mol. The van der Waals surface area contributed by atoms with Crippen molar-refractivity contribution < 1.29 is 28.5 Å². The van der Waals surface area contributed by atoms with Gasteiger partial charge in [0, 0.05) is 31.9 Å². The van der Waals surface area contributed by atoms with Crippen molar-refractivity contribution in [3.63, 3.8) is 0 Å². The number of hydrogen-bond acceptors (Lipinski definition) is 9. The van der Waals surface area contributed by atoms with Crippen LogP contribution in [0.2, 0.25) is 0 Å². The van der Waals surface area contributed by atoms with Crippen LogP contribution in [0.5, 0.6) is 23.0 Å². The minimum absolute atomic E-state index is 0. The highest BCUT2D eigenvalue weighted by molar-refractivity contribution is 5.97. The molecule has 5 rings (SSSR count). The van der Waals surface area contributed by atoms with Gasteiger partial charge in [0.1, 0.15) is 29.7 Å². The van der Waals surface area contributed by atoms with Gasteiger partial charge in [-0.15, -0.1) is 12.4 Å². The number of halogens is 1. The van der Waals surface area contributed by atoms with Crippen LogP contribution in [0.4, 0.5) is 11.5 Å². The zero-order valence-electron chi connectivity index (χ0n) is 17.3. The molecule has 0 aliphatic carbocycles. The number of nitrogens with one attached hydrogen (secondary N) is 1. The third kappa shape index (κ3) is 4.49. The van der Waals surface area contributed by atoms with E-state index in [1.54, 1.807) is 12.1 Å². The molecule has 168 valence electrons. The number of hydrogen-bond donors (Lipinski definition) is 1. The second-order valence-corrected chi connectivity index (χ2v) is 7.23. The van der Waals surface area contributed by atoms with Gasteiger partial charge in [-0.2, -0.15) is 0 Å². The van der Waals surface area contributed by atoms with Gasteiger partial charge in [0.2, 0.25) is 6.79 Å². The quantitative estimate of drug-likeness (QED) is 0.448. The lowest BCUT2D eigenvalue weighted by Crippen LogP contribution is -2.26. The fourth-order valence-corrected chi connectivity index (χ4v) is 3.67. The van der Waals surface area contributed by atoms with Gasteiger partial charge < -0.3 is 29.0 Å². The molecule has 32 heavy (non-hydrogen) atoms. The molecular formula is C22H22ClN3O6. The summed E-state index contributed by atoms with van der Waals surface area (Å²) in [6.45, 7) is 2.80. The Labute approximate surface area is 190 Å². The Kier molecular flexibility index (Phi) is 6.48. The molecule has 9 nitrogen and oxygen atoms in total. The zero-order chi connectivity index (χ0) is 21.2. The number of rotatable bonds is 5. The predicted octanol–water partition coefficient (Wildman–Crippen LogP) is 4.01. The number of esters is 1. The van der Waals surface area contributed by atoms with Gasteiger partial charge in [-0.05, 0) is 12.1 Å². The van der Waals surface area contributed by atoms with Crippen molar-refractivity contribution in [3.8, 4) is 23.0 Å². The SMILES string of the molecule is CC(=O)Oc1cc(OC2CCOCC2)c2c(Nc3cccc4c3OCO4)ncnc2c1.Cl. The minimum atomic E-state index is -0.416. The van der Waals surface area contributed by atoms with Gasteiger partial charge in [0.05, 0.1) is 29.8 Å². The van der Waals surface area contributed by atoms with Crippen LogP contribution in [-0.4, -0.2) is 42.0 Å². The molecule has 2 aliphatic rings. The lowest BCUT2D eigenvalue weighted by Gasteiger charge is -2.24. The van der Waals surface area contributed by atoms with E-state index in [0.29, 0.717) is 52.9 Å². The van der Waals surface area contributed by atoms with Gasteiger partial charge in [-0.1, -0.05) is 6.07 Å². The zero-order valence-corrected chi connectivity index (χ0v) is 18.1. The molecule has 10 heteroatoms. The van der Waals surface area contributed by atoms with E-state index in [1.165, 1.54) is 13.3 Å². The molecule has 0 spiro atoms. The summed E-state index contributed by atoms with van der Waals surface area (Å²) in [6, 6.07) is 8.99. The van der Waals surface area contributed by atoms with Crippen molar-refractivity contribution in [2.45, 2.75) is 25.9 Å². The summed E-state index contributed by atoms with van der Waals surface area (Å²) >= 11 is 0. The first-order valence-corrected chi connectivity index (χ1v) is 10.0. The maximum atomic E-state index is 11.5. The van der Waals surface area contributed by atoms with Gasteiger partial charge >= 0.3 is 5.97 Å². The number of benzene rings is 2. The molecule has 0 saturated carbocycles. The van der Waals surface area contributed by atoms with Crippen molar-refractivity contribution in [3.05, 3.63) is 36.7 Å². The van der Waals surface area contributed by atoms with Crippen molar-refractivity contribution in [1.29, 1.82) is 0 Å². The average molecular weight is 460 g/mol. The molecule has 1 fully saturated rings. The standard InChI is InChI=1S/C22H21N3O6.ClH/c1-13(26)30-15-9-17-20(19(10-15)31-14-5-7-27-8-6-14)22(24-11-23-17)25-16-3-2-4-18-21(16)29-12-28-18;/h2-4,9-11,14H,5-8,12H2,1H3,(H,23,24,25);1H. The molecule has 0 atom stereocenters. The van der Waals surface area contributed by atoms with E-state index in [2.05, 4.69) is 15.3 Å². The Balaban J connectivity index is 0.00000245. The van der Waals surface area contributed by atoms with Gasteiger partial charge in [0.25, 0.3) is 0 Å².